The van der Waals surface area contributed by atoms with Gasteiger partial charge in [-0.1, -0.05) is 35.9 Å². The molecule has 0 N–H and O–H groups in total. The first kappa shape index (κ1) is 15.3. The van der Waals surface area contributed by atoms with Gasteiger partial charge >= 0.3 is 10.1 Å². The molecule has 5 nitrogen and oxygen atoms in total. The Labute approximate surface area is 135 Å². The zero-order chi connectivity index (χ0) is 16.4. The molecular formula is C17H16N2O3S. The zero-order valence-electron chi connectivity index (χ0n) is 12.8. The molecule has 3 aromatic rings. The molecule has 3 rings (SSSR count). The second-order valence-electron chi connectivity index (χ2n) is 5.22. The van der Waals surface area contributed by atoms with Gasteiger partial charge in [0.15, 0.2) is 0 Å². The van der Waals surface area contributed by atoms with Crippen LogP contribution < -0.4 is 4.18 Å². The van der Waals surface area contributed by atoms with Crippen LogP contribution >= 0.6 is 0 Å². The van der Waals surface area contributed by atoms with Gasteiger partial charge in [0.25, 0.3) is 0 Å². The Morgan fingerprint density at radius 3 is 2.26 bits per heavy atom. The van der Waals surface area contributed by atoms with Crippen molar-refractivity contribution >= 4 is 10.1 Å². The van der Waals surface area contributed by atoms with Crippen LogP contribution in [0, 0.1) is 13.8 Å². The summed E-state index contributed by atoms with van der Waals surface area (Å²) in [5.41, 5.74) is 2.38. The standard InChI is InChI=1S/C17H16N2O3S/c1-13-8-10-16(11-9-13)23(20,21)22-17-12-14(2)18-19(17)15-6-4-3-5-7-15/h3-12H,1-2H3. The van der Waals surface area contributed by atoms with Gasteiger partial charge in [-0.25, -0.2) is 0 Å². The van der Waals surface area contributed by atoms with E-state index in [0.29, 0.717) is 5.69 Å². The molecule has 0 amide bonds. The smallest absolute Gasteiger partial charge is 0.340 e. The summed E-state index contributed by atoms with van der Waals surface area (Å²) in [7, 11) is -3.91. The molecule has 1 heterocycles. The topological polar surface area (TPSA) is 61.2 Å². The second-order valence-corrected chi connectivity index (χ2v) is 6.77. The summed E-state index contributed by atoms with van der Waals surface area (Å²) in [6, 6.07) is 17.4. The van der Waals surface area contributed by atoms with Crippen molar-refractivity contribution in [3.8, 4) is 11.6 Å². The van der Waals surface area contributed by atoms with Crippen molar-refractivity contribution in [3.05, 3.63) is 71.9 Å². The van der Waals surface area contributed by atoms with Crippen molar-refractivity contribution in [1.82, 2.24) is 9.78 Å². The molecule has 23 heavy (non-hydrogen) atoms. The van der Waals surface area contributed by atoms with E-state index in [9.17, 15) is 8.42 Å². The van der Waals surface area contributed by atoms with Crippen LogP contribution in [0.2, 0.25) is 0 Å². The van der Waals surface area contributed by atoms with Crippen LogP contribution in [0.15, 0.2) is 65.6 Å². The first-order valence-corrected chi connectivity index (χ1v) is 8.50. The predicted octanol–water partition coefficient (Wildman–Crippen LogP) is 3.26. The average Bonchev–Trinajstić information content (AvgIpc) is 2.88. The van der Waals surface area contributed by atoms with E-state index in [2.05, 4.69) is 5.10 Å². The van der Waals surface area contributed by atoms with Gasteiger partial charge in [0.1, 0.15) is 4.90 Å². The largest absolute Gasteiger partial charge is 0.358 e. The van der Waals surface area contributed by atoms with Crippen LogP contribution in [-0.4, -0.2) is 18.2 Å². The third kappa shape index (κ3) is 3.27. The first-order chi connectivity index (χ1) is 11.0. The molecule has 0 saturated heterocycles. The minimum atomic E-state index is -3.91. The molecule has 0 spiro atoms. The molecule has 1 aromatic heterocycles. The lowest BCUT2D eigenvalue weighted by Crippen LogP contribution is -2.12. The second kappa shape index (κ2) is 5.89. The molecular weight excluding hydrogens is 312 g/mol. The van der Waals surface area contributed by atoms with Crippen molar-refractivity contribution in [2.24, 2.45) is 0 Å². The highest BCUT2D eigenvalue weighted by Gasteiger charge is 2.20. The molecule has 0 atom stereocenters. The summed E-state index contributed by atoms with van der Waals surface area (Å²) in [5.74, 6) is 0.161. The Balaban J connectivity index is 1.99. The molecule has 0 aliphatic rings. The Morgan fingerprint density at radius 1 is 0.957 bits per heavy atom. The summed E-state index contributed by atoms with van der Waals surface area (Å²) in [6.07, 6.45) is 0. The van der Waals surface area contributed by atoms with Gasteiger partial charge in [-0.2, -0.15) is 18.2 Å². The predicted molar refractivity (Wildman–Crippen MR) is 87.3 cm³/mol. The van der Waals surface area contributed by atoms with E-state index in [4.69, 9.17) is 4.18 Å². The third-order valence-electron chi connectivity index (χ3n) is 3.30. The van der Waals surface area contributed by atoms with E-state index < -0.39 is 10.1 Å². The summed E-state index contributed by atoms with van der Waals surface area (Å²) in [4.78, 5) is 0.113. The zero-order valence-corrected chi connectivity index (χ0v) is 13.6. The maximum absolute atomic E-state index is 12.4. The van der Waals surface area contributed by atoms with E-state index in [1.54, 1.807) is 25.1 Å². The SMILES string of the molecule is Cc1ccc(S(=O)(=O)Oc2cc(C)nn2-c2ccccc2)cc1. The fourth-order valence-electron chi connectivity index (χ4n) is 2.15. The number of aromatic nitrogens is 2. The molecule has 0 aliphatic heterocycles. The number of para-hydroxylation sites is 1. The Hall–Kier alpha value is -2.60. The molecule has 0 bridgehead atoms. The highest BCUT2D eigenvalue weighted by Crippen LogP contribution is 2.23. The van der Waals surface area contributed by atoms with E-state index in [0.717, 1.165) is 11.3 Å². The van der Waals surface area contributed by atoms with E-state index in [1.807, 2.05) is 37.3 Å². The average molecular weight is 328 g/mol. The number of rotatable bonds is 4. The fourth-order valence-corrected chi connectivity index (χ4v) is 3.06. The molecule has 0 fully saturated rings. The van der Waals surface area contributed by atoms with Gasteiger partial charge in [-0.3, -0.25) is 0 Å². The van der Waals surface area contributed by atoms with Crippen molar-refractivity contribution in [2.75, 3.05) is 0 Å². The van der Waals surface area contributed by atoms with Crippen molar-refractivity contribution in [3.63, 3.8) is 0 Å². The molecule has 0 saturated carbocycles. The minimum Gasteiger partial charge on any atom is -0.358 e. The van der Waals surface area contributed by atoms with Crippen LogP contribution in [0.25, 0.3) is 5.69 Å². The van der Waals surface area contributed by atoms with Gasteiger partial charge in [0.2, 0.25) is 5.88 Å². The third-order valence-corrected chi connectivity index (χ3v) is 4.54. The Kier molecular flexibility index (Phi) is 3.92. The van der Waals surface area contributed by atoms with Gasteiger partial charge in [0, 0.05) is 6.07 Å². The maximum atomic E-state index is 12.4. The molecule has 6 heteroatoms. The van der Waals surface area contributed by atoms with Gasteiger partial charge in [-0.05, 0) is 38.1 Å². The summed E-state index contributed by atoms with van der Waals surface area (Å²) < 4.78 is 31.7. The van der Waals surface area contributed by atoms with E-state index >= 15 is 0 Å². The van der Waals surface area contributed by atoms with E-state index in [1.165, 1.54) is 16.8 Å². The van der Waals surface area contributed by atoms with Crippen LogP contribution in [0.1, 0.15) is 11.3 Å². The van der Waals surface area contributed by atoms with Gasteiger partial charge in [-0.15, -0.1) is 0 Å². The lowest BCUT2D eigenvalue weighted by Gasteiger charge is -2.09. The van der Waals surface area contributed by atoms with Crippen molar-refractivity contribution in [2.45, 2.75) is 18.7 Å². The van der Waals surface area contributed by atoms with Crippen LogP contribution in [0.4, 0.5) is 0 Å². The first-order valence-electron chi connectivity index (χ1n) is 7.09. The minimum absolute atomic E-state index is 0.113. The summed E-state index contributed by atoms with van der Waals surface area (Å²) >= 11 is 0. The summed E-state index contributed by atoms with van der Waals surface area (Å²) in [5, 5.41) is 4.30. The molecule has 0 radical (unpaired) electrons. The number of hydrogen-bond donors (Lipinski definition) is 0. The highest BCUT2D eigenvalue weighted by molar-refractivity contribution is 7.87. The normalized spacial score (nSPS) is 11.4. The van der Waals surface area contributed by atoms with Crippen LogP contribution in [0.5, 0.6) is 5.88 Å². The van der Waals surface area contributed by atoms with Crippen LogP contribution in [0.3, 0.4) is 0 Å². The van der Waals surface area contributed by atoms with Gasteiger partial charge in [0.05, 0.1) is 11.4 Å². The number of aryl methyl sites for hydroxylation is 2. The highest BCUT2D eigenvalue weighted by atomic mass is 32.2. The molecule has 2 aromatic carbocycles. The monoisotopic (exact) mass is 328 g/mol. The molecule has 118 valence electrons. The number of benzene rings is 2. The number of nitrogens with zero attached hydrogens (tertiary/aromatic N) is 2. The quantitative estimate of drug-likeness (QED) is 0.690. The van der Waals surface area contributed by atoms with E-state index in [-0.39, 0.29) is 10.8 Å². The Bertz CT molecular complexity index is 914. The Morgan fingerprint density at radius 2 is 1.61 bits per heavy atom. The number of hydrogen-bond acceptors (Lipinski definition) is 4. The molecule has 0 unspecified atom stereocenters. The fraction of sp³-hybridized carbons (Fsp3) is 0.118. The maximum Gasteiger partial charge on any atom is 0.340 e. The van der Waals surface area contributed by atoms with Crippen molar-refractivity contribution in [1.29, 1.82) is 0 Å². The van der Waals surface area contributed by atoms with Crippen LogP contribution in [-0.2, 0) is 10.1 Å². The lowest BCUT2D eigenvalue weighted by molar-refractivity contribution is 0.465. The lowest BCUT2D eigenvalue weighted by atomic mass is 10.2. The van der Waals surface area contributed by atoms with Crippen molar-refractivity contribution < 1.29 is 12.6 Å². The summed E-state index contributed by atoms with van der Waals surface area (Å²) in [6.45, 7) is 3.68. The molecule has 0 aliphatic carbocycles. The van der Waals surface area contributed by atoms with Gasteiger partial charge < -0.3 is 4.18 Å².